The van der Waals surface area contributed by atoms with E-state index in [0.717, 1.165) is 80.5 Å². The van der Waals surface area contributed by atoms with E-state index < -0.39 is 0 Å². The summed E-state index contributed by atoms with van der Waals surface area (Å²) in [6.07, 6.45) is 41.7. The quantitative estimate of drug-likeness (QED) is 0.0793. The topological polar surface area (TPSA) is 26.3 Å². The molecule has 0 spiro atoms. The summed E-state index contributed by atoms with van der Waals surface area (Å²) in [6.45, 7) is 14.8. The number of ether oxygens (including phenoxy) is 1. The molecule has 0 heterocycles. The van der Waals surface area contributed by atoms with Crippen LogP contribution in [0.5, 0.6) is 0 Å². The van der Waals surface area contributed by atoms with Crippen molar-refractivity contribution in [1.82, 2.24) is 0 Å². The maximum absolute atomic E-state index is 12.8. The van der Waals surface area contributed by atoms with Crippen LogP contribution in [0.4, 0.5) is 0 Å². The third kappa shape index (κ3) is 10.5. The summed E-state index contributed by atoms with van der Waals surface area (Å²) >= 11 is 0. The van der Waals surface area contributed by atoms with Crippen molar-refractivity contribution in [3.63, 3.8) is 0 Å². The molecule has 3 saturated carbocycles. The summed E-state index contributed by atoms with van der Waals surface area (Å²) in [5.74, 6) is 5.28. The minimum Gasteiger partial charge on any atom is -0.462 e. The number of hydrogen-bond donors (Lipinski definition) is 0. The van der Waals surface area contributed by atoms with Crippen LogP contribution >= 0.6 is 0 Å². The van der Waals surface area contributed by atoms with Crippen molar-refractivity contribution in [2.45, 2.75) is 182 Å². The molecule has 0 radical (unpaired) electrons. The van der Waals surface area contributed by atoms with Crippen LogP contribution in [0.3, 0.4) is 0 Å². The van der Waals surface area contributed by atoms with Gasteiger partial charge in [-0.2, -0.15) is 0 Å². The van der Waals surface area contributed by atoms with Crippen LogP contribution in [-0.4, -0.2) is 12.1 Å². The maximum atomic E-state index is 12.8. The molecule has 2 nitrogen and oxygen atoms in total. The molecule has 0 N–H and O–H groups in total. The average Bonchev–Trinajstić information content (AvgIpc) is 3.40. The molecule has 0 bridgehead atoms. The van der Waals surface area contributed by atoms with Crippen molar-refractivity contribution >= 4 is 5.97 Å². The SMILES string of the molecule is CC/C=C\C/C=C\C/C=C\CCCCCCCC(=O)O[C@@H]1CC[C@@]2(C)C(=CC[C@@H]3[C@H]2CC[C@]2(C)[C@@H]([C@H](C)CCCC(C)C)CC[C@@H]32)C1. The first-order valence-electron chi connectivity index (χ1n) is 20.5. The molecule has 0 aromatic heterocycles. The lowest BCUT2D eigenvalue weighted by Crippen LogP contribution is -2.51. The fraction of sp³-hybridized carbons (Fsp3) is 0.800. The predicted molar refractivity (Wildman–Crippen MR) is 202 cm³/mol. The van der Waals surface area contributed by atoms with E-state index >= 15 is 0 Å². The lowest BCUT2D eigenvalue weighted by Gasteiger charge is -2.58. The second kappa shape index (κ2) is 19.0. The van der Waals surface area contributed by atoms with Crippen LogP contribution in [-0.2, 0) is 9.53 Å². The van der Waals surface area contributed by atoms with Crippen molar-refractivity contribution in [3.05, 3.63) is 48.1 Å². The highest BCUT2D eigenvalue weighted by Crippen LogP contribution is 2.67. The first-order valence-corrected chi connectivity index (χ1v) is 20.5. The van der Waals surface area contributed by atoms with Gasteiger partial charge in [-0.3, -0.25) is 4.79 Å². The van der Waals surface area contributed by atoms with Gasteiger partial charge in [-0.15, -0.1) is 0 Å². The molecule has 0 saturated heterocycles. The molecule has 4 aliphatic carbocycles. The van der Waals surface area contributed by atoms with Gasteiger partial charge in [0.05, 0.1) is 0 Å². The summed E-state index contributed by atoms with van der Waals surface area (Å²) in [6, 6.07) is 0. The number of carbonyl (C=O) groups excluding carboxylic acids is 1. The van der Waals surface area contributed by atoms with Gasteiger partial charge < -0.3 is 4.74 Å². The highest BCUT2D eigenvalue weighted by atomic mass is 16.5. The van der Waals surface area contributed by atoms with Gasteiger partial charge in [-0.1, -0.05) is 128 Å². The third-order valence-corrected chi connectivity index (χ3v) is 13.6. The number of hydrogen-bond acceptors (Lipinski definition) is 2. The minimum absolute atomic E-state index is 0.0435. The van der Waals surface area contributed by atoms with E-state index in [4.69, 9.17) is 4.74 Å². The third-order valence-electron chi connectivity index (χ3n) is 13.6. The molecule has 0 amide bonds. The molecular weight excluding hydrogens is 572 g/mol. The Labute approximate surface area is 291 Å². The van der Waals surface area contributed by atoms with Gasteiger partial charge in [0.2, 0.25) is 0 Å². The molecule has 266 valence electrons. The van der Waals surface area contributed by atoms with E-state index in [0.29, 0.717) is 17.3 Å². The van der Waals surface area contributed by atoms with Crippen LogP contribution in [0.2, 0.25) is 0 Å². The normalized spacial score (nSPS) is 32.9. The summed E-state index contributed by atoms with van der Waals surface area (Å²) in [4.78, 5) is 12.8. The van der Waals surface area contributed by atoms with Crippen LogP contribution in [0.15, 0.2) is 48.1 Å². The van der Waals surface area contributed by atoms with E-state index in [1.54, 1.807) is 5.57 Å². The van der Waals surface area contributed by atoms with E-state index in [1.165, 1.54) is 83.5 Å². The van der Waals surface area contributed by atoms with E-state index in [9.17, 15) is 4.79 Å². The van der Waals surface area contributed by atoms with Crippen molar-refractivity contribution < 1.29 is 9.53 Å². The van der Waals surface area contributed by atoms with Gasteiger partial charge in [-0.25, -0.2) is 0 Å². The largest absolute Gasteiger partial charge is 0.462 e. The van der Waals surface area contributed by atoms with Gasteiger partial charge >= 0.3 is 5.97 Å². The fourth-order valence-electron chi connectivity index (χ4n) is 10.9. The molecule has 0 unspecified atom stereocenters. The zero-order valence-corrected chi connectivity index (χ0v) is 31.7. The van der Waals surface area contributed by atoms with Crippen LogP contribution in [0.1, 0.15) is 176 Å². The Hall–Kier alpha value is -1.57. The molecule has 4 rings (SSSR count). The van der Waals surface area contributed by atoms with E-state index in [1.807, 2.05) is 0 Å². The number of rotatable bonds is 19. The number of unbranched alkanes of at least 4 members (excludes halogenated alkanes) is 5. The Morgan fingerprint density at radius 3 is 2.32 bits per heavy atom. The Balaban J connectivity index is 1.13. The molecule has 47 heavy (non-hydrogen) atoms. The molecule has 3 fully saturated rings. The smallest absolute Gasteiger partial charge is 0.306 e. The molecule has 4 aliphatic rings. The zero-order chi connectivity index (χ0) is 33.7. The molecule has 0 aromatic carbocycles. The van der Waals surface area contributed by atoms with Gasteiger partial charge in [-0.05, 0) is 130 Å². The monoisotopic (exact) mass is 647 g/mol. The Morgan fingerprint density at radius 2 is 1.55 bits per heavy atom. The highest BCUT2D eigenvalue weighted by Gasteiger charge is 2.59. The fourth-order valence-corrected chi connectivity index (χ4v) is 10.9. The Kier molecular flexibility index (Phi) is 15.4. The van der Waals surface area contributed by atoms with Crippen LogP contribution in [0.25, 0.3) is 0 Å². The summed E-state index contributed by atoms with van der Waals surface area (Å²) in [5.41, 5.74) is 2.51. The van der Waals surface area contributed by atoms with Gasteiger partial charge in [0.1, 0.15) is 6.10 Å². The molecule has 8 atom stereocenters. The van der Waals surface area contributed by atoms with Crippen LogP contribution < -0.4 is 0 Å². The standard InChI is InChI=1S/C45H74O2/c1-7-8-9-10-11-12-13-14-15-16-17-18-19-20-21-25-43(46)47-38-30-32-44(5)37(34-38)26-27-39-41-29-28-40(36(4)24-22-23-35(2)3)45(41,6)33-31-42(39)44/h8-9,11-12,14-15,26,35-36,38-42H,7,10,13,16-25,27-34H2,1-6H3/b9-8-,12-11-,15-14-/t36-,38-,39+,40-,41+,42-,44+,45-/m1/s1. The number of esters is 1. The van der Waals surface area contributed by atoms with Gasteiger partial charge in [0, 0.05) is 12.8 Å². The van der Waals surface area contributed by atoms with Crippen molar-refractivity contribution in [2.75, 3.05) is 0 Å². The Bertz CT molecular complexity index is 1060. The lowest BCUT2D eigenvalue weighted by atomic mass is 9.47. The second-order valence-electron chi connectivity index (χ2n) is 17.2. The maximum Gasteiger partial charge on any atom is 0.306 e. The lowest BCUT2D eigenvalue weighted by molar-refractivity contribution is -0.151. The molecule has 2 heteroatoms. The molecular formula is C45H74O2. The zero-order valence-electron chi connectivity index (χ0n) is 31.7. The van der Waals surface area contributed by atoms with Gasteiger partial charge in [0.15, 0.2) is 0 Å². The summed E-state index contributed by atoms with van der Waals surface area (Å²) in [7, 11) is 0. The minimum atomic E-state index is 0.0435. The predicted octanol–water partition coefficient (Wildman–Crippen LogP) is 13.5. The molecule has 0 aliphatic heterocycles. The summed E-state index contributed by atoms with van der Waals surface area (Å²) < 4.78 is 6.12. The number of allylic oxidation sites excluding steroid dienone is 7. The first kappa shape index (κ1) is 38.2. The van der Waals surface area contributed by atoms with E-state index in [2.05, 4.69) is 84.1 Å². The molecule has 0 aromatic rings. The number of fused-ring (bicyclic) bond motifs is 5. The average molecular weight is 647 g/mol. The summed E-state index contributed by atoms with van der Waals surface area (Å²) in [5, 5.41) is 0. The van der Waals surface area contributed by atoms with Crippen molar-refractivity contribution in [1.29, 1.82) is 0 Å². The first-order chi connectivity index (χ1) is 22.7. The highest BCUT2D eigenvalue weighted by molar-refractivity contribution is 5.69. The van der Waals surface area contributed by atoms with Gasteiger partial charge in [0.25, 0.3) is 0 Å². The Morgan fingerprint density at radius 1 is 0.830 bits per heavy atom. The number of carbonyl (C=O) groups is 1. The van der Waals surface area contributed by atoms with E-state index in [-0.39, 0.29) is 12.1 Å². The van der Waals surface area contributed by atoms with Crippen LogP contribution in [0, 0.1) is 46.3 Å². The second-order valence-corrected chi connectivity index (χ2v) is 17.2. The van der Waals surface area contributed by atoms with Crippen molar-refractivity contribution in [3.8, 4) is 0 Å². The van der Waals surface area contributed by atoms with Crippen molar-refractivity contribution in [2.24, 2.45) is 46.3 Å².